The molecule has 2 heteroatoms. The highest BCUT2D eigenvalue weighted by Gasteiger charge is 2.07. The standard InChI is InChI=1S/C12H18ClN/c1-4-9(2)14-10(3)11-6-5-7-12(13)8-11/h5-10,14H,4H2,1-3H3/t9?,10-/m1/s1. The maximum absolute atomic E-state index is 5.93. The maximum Gasteiger partial charge on any atom is 0.0409 e. The van der Waals surface area contributed by atoms with Gasteiger partial charge >= 0.3 is 0 Å². The van der Waals surface area contributed by atoms with Crippen LogP contribution in [0.25, 0.3) is 0 Å². The molecule has 0 amide bonds. The third kappa shape index (κ3) is 3.32. The summed E-state index contributed by atoms with van der Waals surface area (Å²) in [6, 6.07) is 8.92. The van der Waals surface area contributed by atoms with Gasteiger partial charge in [0.1, 0.15) is 0 Å². The first kappa shape index (κ1) is 11.5. The van der Waals surface area contributed by atoms with Crippen LogP contribution >= 0.6 is 11.6 Å². The summed E-state index contributed by atoms with van der Waals surface area (Å²) in [5.41, 5.74) is 1.25. The van der Waals surface area contributed by atoms with Crippen molar-refractivity contribution >= 4 is 11.6 Å². The quantitative estimate of drug-likeness (QED) is 0.799. The normalized spacial score (nSPS) is 15.1. The van der Waals surface area contributed by atoms with Gasteiger partial charge in [0, 0.05) is 17.1 Å². The van der Waals surface area contributed by atoms with Gasteiger partial charge in [0.05, 0.1) is 0 Å². The number of rotatable bonds is 4. The summed E-state index contributed by atoms with van der Waals surface area (Å²) in [5.74, 6) is 0. The first-order valence-corrected chi connectivity index (χ1v) is 5.52. The Morgan fingerprint density at radius 1 is 1.36 bits per heavy atom. The van der Waals surface area contributed by atoms with Gasteiger partial charge in [0.15, 0.2) is 0 Å². The van der Waals surface area contributed by atoms with Crippen LogP contribution in [-0.2, 0) is 0 Å². The molecular weight excluding hydrogens is 194 g/mol. The molecular formula is C12H18ClN. The van der Waals surface area contributed by atoms with Gasteiger partial charge in [-0.2, -0.15) is 0 Å². The summed E-state index contributed by atoms with van der Waals surface area (Å²) in [4.78, 5) is 0. The van der Waals surface area contributed by atoms with Crippen LogP contribution in [0, 0.1) is 0 Å². The van der Waals surface area contributed by atoms with Gasteiger partial charge in [-0.25, -0.2) is 0 Å². The lowest BCUT2D eigenvalue weighted by molar-refractivity contribution is 0.469. The van der Waals surface area contributed by atoms with Crippen LogP contribution < -0.4 is 5.32 Å². The Balaban J connectivity index is 2.64. The van der Waals surface area contributed by atoms with Crippen molar-refractivity contribution in [2.75, 3.05) is 0 Å². The number of halogens is 1. The van der Waals surface area contributed by atoms with E-state index in [0.717, 1.165) is 11.4 Å². The van der Waals surface area contributed by atoms with Gasteiger partial charge < -0.3 is 5.32 Å². The molecule has 0 fully saturated rings. The molecule has 0 aliphatic carbocycles. The van der Waals surface area contributed by atoms with Crippen molar-refractivity contribution in [3.05, 3.63) is 34.9 Å². The highest BCUT2D eigenvalue weighted by atomic mass is 35.5. The van der Waals surface area contributed by atoms with E-state index in [9.17, 15) is 0 Å². The molecule has 1 N–H and O–H groups in total. The van der Waals surface area contributed by atoms with Crippen molar-refractivity contribution in [3.63, 3.8) is 0 Å². The molecule has 78 valence electrons. The molecule has 1 rings (SSSR count). The van der Waals surface area contributed by atoms with Crippen LogP contribution in [0.15, 0.2) is 24.3 Å². The topological polar surface area (TPSA) is 12.0 Å². The van der Waals surface area contributed by atoms with E-state index in [0.29, 0.717) is 12.1 Å². The predicted molar refractivity (Wildman–Crippen MR) is 62.8 cm³/mol. The molecule has 14 heavy (non-hydrogen) atoms. The molecule has 1 aromatic carbocycles. The van der Waals surface area contributed by atoms with E-state index in [1.165, 1.54) is 5.56 Å². The molecule has 0 aliphatic heterocycles. The van der Waals surface area contributed by atoms with E-state index in [4.69, 9.17) is 11.6 Å². The average Bonchev–Trinajstić information content (AvgIpc) is 2.17. The lowest BCUT2D eigenvalue weighted by atomic mass is 10.1. The fourth-order valence-corrected chi connectivity index (χ4v) is 1.62. The zero-order valence-corrected chi connectivity index (χ0v) is 9.81. The predicted octanol–water partition coefficient (Wildman–Crippen LogP) is 3.79. The minimum absolute atomic E-state index is 0.364. The van der Waals surface area contributed by atoms with Crippen LogP contribution in [-0.4, -0.2) is 6.04 Å². The van der Waals surface area contributed by atoms with E-state index in [1.54, 1.807) is 0 Å². The molecule has 0 saturated carbocycles. The second-order valence-electron chi connectivity index (χ2n) is 3.75. The lowest BCUT2D eigenvalue weighted by Crippen LogP contribution is -2.28. The SMILES string of the molecule is CCC(C)N[C@H](C)c1cccc(Cl)c1. The van der Waals surface area contributed by atoms with E-state index in [1.807, 2.05) is 18.2 Å². The smallest absolute Gasteiger partial charge is 0.0409 e. The number of benzene rings is 1. The van der Waals surface area contributed by atoms with Gasteiger partial charge in [0.2, 0.25) is 0 Å². The number of hydrogen-bond donors (Lipinski definition) is 1. The van der Waals surface area contributed by atoms with Gasteiger partial charge in [-0.3, -0.25) is 0 Å². The van der Waals surface area contributed by atoms with Crippen molar-refractivity contribution in [2.24, 2.45) is 0 Å². The van der Waals surface area contributed by atoms with E-state index in [-0.39, 0.29) is 0 Å². The van der Waals surface area contributed by atoms with Crippen LogP contribution in [0.1, 0.15) is 38.8 Å². The minimum Gasteiger partial charge on any atom is -0.308 e. The highest BCUT2D eigenvalue weighted by molar-refractivity contribution is 6.30. The van der Waals surface area contributed by atoms with E-state index >= 15 is 0 Å². The van der Waals surface area contributed by atoms with Crippen molar-refractivity contribution < 1.29 is 0 Å². The van der Waals surface area contributed by atoms with Gasteiger partial charge in [-0.1, -0.05) is 30.7 Å². The summed E-state index contributed by atoms with van der Waals surface area (Å²) in [6.07, 6.45) is 1.14. The van der Waals surface area contributed by atoms with Gasteiger partial charge in [-0.15, -0.1) is 0 Å². The summed E-state index contributed by atoms with van der Waals surface area (Å²) in [7, 11) is 0. The number of hydrogen-bond acceptors (Lipinski definition) is 1. The van der Waals surface area contributed by atoms with Crippen LogP contribution in [0.5, 0.6) is 0 Å². The summed E-state index contributed by atoms with van der Waals surface area (Å²) < 4.78 is 0. The Morgan fingerprint density at radius 2 is 2.07 bits per heavy atom. The lowest BCUT2D eigenvalue weighted by Gasteiger charge is -2.19. The average molecular weight is 212 g/mol. The van der Waals surface area contributed by atoms with Crippen molar-refractivity contribution in [3.8, 4) is 0 Å². The first-order valence-electron chi connectivity index (χ1n) is 5.15. The molecule has 0 spiro atoms. The maximum atomic E-state index is 5.93. The second-order valence-corrected chi connectivity index (χ2v) is 4.19. The molecule has 1 nitrogen and oxygen atoms in total. The molecule has 0 aromatic heterocycles. The molecule has 0 saturated heterocycles. The molecule has 0 aliphatic rings. The largest absolute Gasteiger partial charge is 0.308 e. The summed E-state index contributed by atoms with van der Waals surface area (Å²) in [5, 5.41) is 4.32. The van der Waals surface area contributed by atoms with Crippen molar-refractivity contribution in [2.45, 2.75) is 39.3 Å². The third-order valence-electron chi connectivity index (χ3n) is 2.50. The van der Waals surface area contributed by atoms with Crippen LogP contribution in [0.2, 0.25) is 5.02 Å². The van der Waals surface area contributed by atoms with E-state index < -0.39 is 0 Å². The van der Waals surface area contributed by atoms with Crippen molar-refractivity contribution in [1.82, 2.24) is 5.32 Å². The Labute approximate surface area is 91.5 Å². The zero-order valence-electron chi connectivity index (χ0n) is 9.05. The fraction of sp³-hybridized carbons (Fsp3) is 0.500. The Hall–Kier alpha value is -0.530. The van der Waals surface area contributed by atoms with Crippen LogP contribution in [0.3, 0.4) is 0 Å². The summed E-state index contributed by atoms with van der Waals surface area (Å²) >= 11 is 5.93. The third-order valence-corrected chi connectivity index (χ3v) is 2.73. The monoisotopic (exact) mass is 211 g/mol. The Morgan fingerprint density at radius 3 is 2.64 bits per heavy atom. The Bertz CT molecular complexity index is 285. The highest BCUT2D eigenvalue weighted by Crippen LogP contribution is 2.17. The molecule has 1 unspecified atom stereocenters. The minimum atomic E-state index is 0.364. The van der Waals surface area contributed by atoms with Crippen molar-refractivity contribution in [1.29, 1.82) is 0 Å². The van der Waals surface area contributed by atoms with E-state index in [2.05, 4.69) is 32.2 Å². The molecule has 0 bridgehead atoms. The number of nitrogens with one attached hydrogen (secondary N) is 1. The van der Waals surface area contributed by atoms with Crippen LogP contribution in [0.4, 0.5) is 0 Å². The Kier molecular flexibility index (Phi) is 4.43. The summed E-state index contributed by atoms with van der Waals surface area (Å²) in [6.45, 7) is 6.54. The molecule has 2 atom stereocenters. The zero-order chi connectivity index (χ0) is 10.6. The molecule has 0 heterocycles. The second kappa shape index (κ2) is 5.38. The molecule has 0 radical (unpaired) electrons. The first-order chi connectivity index (χ1) is 6.63. The van der Waals surface area contributed by atoms with Gasteiger partial charge in [-0.05, 0) is 38.0 Å². The van der Waals surface area contributed by atoms with Gasteiger partial charge in [0.25, 0.3) is 0 Å². The fourth-order valence-electron chi connectivity index (χ4n) is 1.42. The molecule has 1 aromatic rings.